The first-order chi connectivity index (χ1) is 40.3. The molecule has 0 atom stereocenters. The summed E-state index contributed by atoms with van der Waals surface area (Å²) in [7, 11) is -2.23. The molecule has 87 heavy (non-hydrogen) atoms. The van der Waals surface area contributed by atoms with Crippen molar-refractivity contribution in [3.05, 3.63) is 80.1 Å². The number of carbonyl (C=O) groups excluding carboxylic acids is 2. The third kappa shape index (κ3) is 22.5. The average Bonchev–Trinajstić information content (AvgIpc) is 1.46. The second kappa shape index (κ2) is 38.1. The number of aromatic amines is 2. The van der Waals surface area contributed by atoms with Crippen molar-refractivity contribution in [3.63, 3.8) is 0 Å². The van der Waals surface area contributed by atoms with Crippen LogP contribution in [0.5, 0.6) is 11.5 Å². The third-order valence-electron chi connectivity index (χ3n) is 12.1. The van der Waals surface area contributed by atoms with E-state index in [2.05, 4.69) is 50.5 Å². The Morgan fingerprint density at radius 3 is 1.57 bits per heavy atom. The van der Waals surface area contributed by atoms with E-state index in [1.807, 2.05) is 20.8 Å². The summed E-state index contributed by atoms with van der Waals surface area (Å²) in [6.07, 6.45) is -0.760. The fourth-order valence-corrected chi connectivity index (χ4v) is 10.6. The van der Waals surface area contributed by atoms with E-state index in [9.17, 15) is 44.4 Å². The molecule has 2 aliphatic rings. The van der Waals surface area contributed by atoms with Crippen molar-refractivity contribution < 1.29 is 178 Å². The van der Waals surface area contributed by atoms with Gasteiger partial charge >= 0.3 is 115 Å². The maximum absolute atomic E-state index is 13.3. The minimum absolute atomic E-state index is 0. The van der Waals surface area contributed by atoms with Crippen molar-refractivity contribution in [1.29, 1.82) is 5.26 Å². The average molecular weight is 1340 g/mol. The predicted molar refractivity (Wildman–Crippen MR) is 300 cm³/mol. The maximum atomic E-state index is 13.3. The standard InChI is InChI=1S/C23H32N6O5S.C17H19ClN4O4S.C8H13F3N2O3.C2H3N.CH2O3.2K.H/c1-4-7-20-25-15(3)21-23(31)26-22(27-29(20)21)18-12-17(8-9-19(18)34-5-2)35(32,33)28-13-16(14-28)24-10-6-11-30;1-4-6-14-19-10(3)15-17(23)20-16(21-22(14)15)12-9-11(27(18,24)25)7-8-13(12)26-5-2;9-8(10,11)7(15)16-13-4-6(5-13)12-2-1-3-14;1-2-3;2-1-4-3;;;/h8-9,12,16,24,30H,4-7,10-11,13-14H2,1-3H3,(H,26,27,31);7-9H,4-6H2,1-3H3,(H,20,21,23);6,12,14H,1-5H2;1H3;1,3H;;;/q;;;;;2*+1;-1/p-1. The number of aliphatic hydroxyl groups excluding tert-OH is 2. The summed E-state index contributed by atoms with van der Waals surface area (Å²) < 4.78 is 101. The number of alkyl halides is 3. The SMILES string of the molecule is CC#N.CCCc1nc(C)c2c(=O)[nH]c(-c3cc(S(=O)(=O)Cl)ccc3OCC)nn12.CCCc1nc(C)c2c(=O)[nH]c(-c3cc(S(=O)(=O)N4CC(NCCCO)C4)ccc3OCC)nn12.O=C(ON1CC(NCCCO)C1)C(F)(F)F.O=CO[O-].[H-].[K+].[K+]. The molecule has 4 aromatic heterocycles. The molecule has 0 spiro atoms. The fraction of sp³-hybridized carbons (Fsp3) is 0.510. The summed E-state index contributed by atoms with van der Waals surface area (Å²) in [5, 5.41) is 49.4. The zero-order valence-electron chi connectivity index (χ0n) is 50.6. The molecule has 0 amide bonds. The number of rotatable bonds is 23. The number of fused-ring (bicyclic) bond motifs is 2. The van der Waals surface area contributed by atoms with Crippen LogP contribution in [0, 0.1) is 25.2 Å². The van der Waals surface area contributed by atoms with Gasteiger partial charge in [-0.05, 0) is 103 Å². The zero-order valence-corrected chi connectivity index (χ0v) is 58.2. The molecule has 0 saturated carbocycles. The van der Waals surface area contributed by atoms with Crippen molar-refractivity contribution in [2.45, 2.75) is 115 Å². The molecule has 8 rings (SSSR count). The molecule has 28 nitrogen and oxygen atoms in total. The van der Waals surface area contributed by atoms with Crippen molar-refractivity contribution in [1.82, 2.24) is 59.2 Å². The zero-order chi connectivity index (χ0) is 63.2. The number of imidazole rings is 2. The number of halogens is 4. The minimum Gasteiger partial charge on any atom is -1.00 e. The van der Waals surface area contributed by atoms with E-state index in [1.165, 1.54) is 46.1 Å². The number of benzene rings is 2. The third-order valence-corrected chi connectivity index (χ3v) is 15.3. The van der Waals surface area contributed by atoms with Crippen molar-refractivity contribution >= 4 is 53.2 Å². The molecule has 470 valence electrons. The molecule has 6 heterocycles. The first-order valence-corrected chi connectivity index (χ1v) is 30.3. The number of aromatic nitrogens is 8. The Balaban J connectivity index is 0.000000648. The topological polar surface area (TPSA) is 383 Å². The number of aryl methyl sites for hydroxylation is 4. The van der Waals surface area contributed by atoms with Gasteiger partial charge in [-0.2, -0.15) is 22.7 Å². The largest absolute Gasteiger partial charge is 1.00 e. The van der Waals surface area contributed by atoms with Gasteiger partial charge in [0.15, 0.2) is 22.7 Å². The van der Waals surface area contributed by atoms with E-state index in [4.69, 9.17) is 45.7 Å². The van der Waals surface area contributed by atoms with Crippen LogP contribution in [0.3, 0.4) is 0 Å². The van der Waals surface area contributed by atoms with E-state index in [1.54, 1.807) is 37.4 Å². The molecule has 0 unspecified atom stereocenters. The summed E-state index contributed by atoms with van der Waals surface area (Å²) >= 11 is 0. The second-order valence-electron chi connectivity index (χ2n) is 18.4. The Morgan fingerprint density at radius 2 is 1.21 bits per heavy atom. The van der Waals surface area contributed by atoms with E-state index < -0.39 is 31.2 Å². The van der Waals surface area contributed by atoms with Crippen LogP contribution in [0.4, 0.5) is 13.2 Å². The maximum Gasteiger partial charge on any atom is 1.00 e. The molecule has 0 aliphatic carbocycles. The molecule has 6 N–H and O–H groups in total. The van der Waals surface area contributed by atoms with Crippen LogP contribution in [0.2, 0.25) is 0 Å². The van der Waals surface area contributed by atoms with Gasteiger partial charge in [0.1, 0.15) is 23.1 Å². The Bertz CT molecular complexity index is 3610. The monoisotopic (exact) mass is 1340 g/mol. The summed E-state index contributed by atoms with van der Waals surface area (Å²) in [5.41, 5.74) is 1.91. The first-order valence-electron chi connectivity index (χ1n) is 26.5. The second-order valence-corrected chi connectivity index (χ2v) is 22.9. The van der Waals surface area contributed by atoms with Crippen LogP contribution in [-0.2, 0) is 51.2 Å². The normalized spacial score (nSPS) is 13.4. The molecule has 6 aromatic rings. The predicted octanol–water partition coefficient (Wildman–Crippen LogP) is -3.49. The summed E-state index contributed by atoms with van der Waals surface area (Å²) in [6, 6.07) is 10.6. The number of nitrogens with zero attached hydrogens (tertiary/aromatic N) is 9. The molecular weight excluding hydrogens is 1270 g/mol. The smallest absolute Gasteiger partial charge is 1.00 e. The number of nitriles is 1. The number of hydrogen-bond acceptors (Lipinski definition) is 23. The van der Waals surface area contributed by atoms with Crippen LogP contribution >= 0.6 is 10.7 Å². The molecular formula is C51H69ClF3K2N13O15S2. The van der Waals surface area contributed by atoms with Gasteiger partial charge in [-0.25, -0.2) is 40.6 Å². The number of ether oxygens (including phenoxy) is 2. The summed E-state index contributed by atoms with van der Waals surface area (Å²) in [5.74, 6) is 0.345. The van der Waals surface area contributed by atoms with Crippen LogP contribution < -0.4 is 139 Å². The van der Waals surface area contributed by atoms with Gasteiger partial charge in [-0.15, -0.1) is 15.3 Å². The van der Waals surface area contributed by atoms with Crippen LogP contribution in [0.15, 0.2) is 55.8 Å². The van der Waals surface area contributed by atoms with Gasteiger partial charge in [-0.1, -0.05) is 13.8 Å². The Morgan fingerprint density at radius 1 is 0.805 bits per heavy atom. The summed E-state index contributed by atoms with van der Waals surface area (Å²) in [6.45, 7) is 15.7. The molecule has 2 aliphatic heterocycles. The fourth-order valence-electron chi connectivity index (χ4n) is 8.24. The van der Waals surface area contributed by atoms with Gasteiger partial charge in [0.2, 0.25) is 10.0 Å². The van der Waals surface area contributed by atoms with E-state index >= 15 is 0 Å². The Kier molecular flexibility index (Phi) is 34.7. The van der Waals surface area contributed by atoms with Crippen molar-refractivity contribution in [2.75, 3.05) is 65.7 Å². The summed E-state index contributed by atoms with van der Waals surface area (Å²) in [4.78, 5) is 65.6. The van der Waals surface area contributed by atoms with Crippen molar-refractivity contribution in [3.8, 4) is 40.3 Å². The number of aliphatic hydroxyl groups is 2. The van der Waals surface area contributed by atoms with Crippen LogP contribution in [0.1, 0.15) is 84.8 Å². The minimum atomic E-state index is -4.95. The van der Waals surface area contributed by atoms with Crippen molar-refractivity contribution in [2.24, 2.45) is 0 Å². The molecule has 2 fully saturated rings. The number of carbonyl (C=O) groups is 2. The molecule has 36 heteroatoms. The quantitative estimate of drug-likeness (QED) is 0.00905. The Hall–Kier alpha value is -3.86. The number of hydroxylamine groups is 2. The van der Waals surface area contributed by atoms with Gasteiger partial charge in [0.25, 0.3) is 26.6 Å². The van der Waals surface area contributed by atoms with E-state index in [0.29, 0.717) is 122 Å². The number of H-pyrrole nitrogens is 2. The van der Waals surface area contributed by atoms with Crippen LogP contribution in [-0.4, -0.2) is 172 Å². The molecule has 0 bridgehead atoms. The number of sulfonamides is 1. The number of nitrogens with one attached hydrogen (secondary N) is 4. The van der Waals surface area contributed by atoms with Gasteiger partial charge < -0.3 is 56.7 Å². The first kappa shape index (κ1) is 79.2. The van der Waals surface area contributed by atoms with Gasteiger partial charge in [-0.3, -0.25) is 14.4 Å². The molecule has 2 aromatic carbocycles. The van der Waals surface area contributed by atoms with Gasteiger partial charge in [0.05, 0.1) is 64.7 Å². The molecule has 0 radical (unpaired) electrons. The van der Waals surface area contributed by atoms with Gasteiger partial charge in [0, 0.05) is 68.8 Å². The van der Waals surface area contributed by atoms with Crippen LogP contribution in [0.25, 0.3) is 33.8 Å². The van der Waals surface area contributed by atoms with E-state index in [0.717, 1.165) is 17.9 Å². The Labute approximate surface area is 590 Å². The molecule has 2 saturated heterocycles. The van der Waals surface area contributed by atoms with E-state index in [-0.39, 0.29) is 182 Å². The number of hydrogen-bond donors (Lipinski definition) is 6.